The predicted molar refractivity (Wildman–Crippen MR) is 94.5 cm³/mol. The number of hydrogen-bond acceptors (Lipinski definition) is 3. The lowest BCUT2D eigenvalue weighted by Crippen LogP contribution is -1.93. The lowest BCUT2D eigenvalue weighted by molar-refractivity contribution is 0.111. The van der Waals surface area contributed by atoms with Crippen LogP contribution in [0.25, 0.3) is 11.1 Å². The van der Waals surface area contributed by atoms with Crippen molar-refractivity contribution >= 4 is 29.3 Å². The van der Waals surface area contributed by atoms with Crippen LogP contribution in [0.15, 0.2) is 60.8 Å². The van der Waals surface area contributed by atoms with Crippen molar-refractivity contribution in [1.82, 2.24) is 4.98 Å². The molecule has 0 saturated heterocycles. The van der Waals surface area contributed by atoms with E-state index in [9.17, 15) is 4.79 Å². The molecule has 3 aromatic rings. The molecule has 2 aromatic carbocycles. The summed E-state index contributed by atoms with van der Waals surface area (Å²) in [4.78, 5) is 14.6. The van der Waals surface area contributed by atoms with Gasteiger partial charge in [-0.15, -0.1) is 0 Å². The molecule has 3 rings (SSSR count). The number of carbonyl (C=O) groups excluding carboxylic acids is 1. The summed E-state index contributed by atoms with van der Waals surface area (Å²) >= 11 is 6.31. The fourth-order valence-electron chi connectivity index (χ4n) is 2.43. The van der Waals surface area contributed by atoms with E-state index in [0.29, 0.717) is 5.69 Å². The van der Waals surface area contributed by atoms with Gasteiger partial charge < -0.3 is 5.32 Å². The van der Waals surface area contributed by atoms with E-state index < -0.39 is 0 Å². The topological polar surface area (TPSA) is 42.0 Å². The molecule has 4 heteroatoms. The van der Waals surface area contributed by atoms with E-state index in [0.717, 1.165) is 39.4 Å². The number of carbonyl (C=O) groups is 1. The lowest BCUT2D eigenvalue weighted by Gasteiger charge is -2.10. The highest BCUT2D eigenvalue weighted by Gasteiger charge is 2.06. The van der Waals surface area contributed by atoms with Gasteiger partial charge >= 0.3 is 0 Å². The largest absolute Gasteiger partial charge is 0.354 e. The Hall–Kier alpha value is -2.65. The Bertz CT molecular complexity index is 807. The Morgan fingerprint density at radius 2 is 1.74 bits per heavy atom. The zero-order valence-corrected chi connectivity index (χ0v) is 13.3. The minimum atomic E-state index is 0.417. The molecule has 3 nitrogen and oxygen atoms in total. The van der Waals surface area contributed by atoms with Gasteiger partial charge in [-0.3, -0.25) is 9.78 Å². The van der Waals surface area contributed by atoms with Crippen molar-refractivity contribution in [3.8, 4) is 11.1 Å². The third-order valence-electron chi connectivity index (χ3n) is 3.59. The summed E-state index contributed by atoms with van der Waals surface area (Å²) in [5, 5.41) is 4.00. The second-order valence-electron chi connectivity index (χ2n) is 5.22. The van der Waals surface area contributed by atoms with Crippen molar-refractivity contribution in [2.75, 3.05) is 5.32 Å². The van der Waals surface area contributed by atoms with Crippen LogP contribution in [-0.2, 0) is 0 Å². The monoisotopic (exact) mass is 322 g/mol. The average Bonchev–Trinajstić information content (AvgIpc) is 2.57. The van der Waals surface area contributed by atoms with E-state index in [4.69, 9.17) is 11.6 Å². The summed E-state index contributed by atoms with van der Waals surface area (Å²) in [5.74, 6) is 0. The number of aryl methyl sites for hydroxylation is 1. The summed E-state index contributed by atoms with van der Waals surface area (Å²) in [6, 6.07) is 17.4. The van der Waals surface area contributed by atoms with Crippen molar-refractivity contribution in [2.45, 2.75) is 6.92 Å². The molecule has 0 aliphatic heterocycles. The van der Waals surface area contributed by atoms with Gasteiger partial charge in [-0.05, 0) is 48.4 Å². The zero-order chi connectivity index (χ0) is 16.2. The number of nitrogens with zero attached hydrogens (tertiary/aromatic N) is 1. The average molecular weight is 323 g/mol. The Morgan fingerprint density at radius 1 is 1.00 bits per heavy atom. The molecular weight excluding hydrogens is 308 g/mol. The van der Waals surface area contributed by atoms with Crippen LogP contribution in [-0.4, -0.2) is 11.3 Å². The predicted octanol–water partition coefficient (Wildman–Crippen LogP) is 5.27. The number of nitrogens with one attached hydrogen (secondary N) is 1. The highest BCUT2D eigenvalue weighted by atomic mass is 35.5. The van der Waals surface area contributed by atoms with Gasteiger partial charge in [0.05, 0.1) is 11.9 Å². The van der Waals surface area contributed by atoms with E-state index in [1.807, 2.05) is 55.5 Å². The summed E-state index contributed by atoms with van der Waals surface area (Å²) in [6.07, 6.45) is 2.36. The molecule has 1 aromatic heterocycles. The van der Waals surface area contributed by atoms with Gasteiger partial charge in [0.2, 0.25) is 0 Å². The second kappa shape index (κ2) is 6.63. The van der Waals surface area contributed by atoms with Gasteiger partial charge in [0.15, 0.2) is 6.29 Å². The standard InChI is InChI=1S/C19H15ClN2O/c1-13-3-2-4-18(20)19(13)14-5-7-15(8-6-14)22-16-9-10-17(12-23)21-11-16/h2-12,22H,1H3. The minimum absolute atomic E-state index is 0.417. The van der Waals surface area contributed by atoms with Crippen molar-refractivity contribution in [2.24, 2.45) is 0 Å². The third kappa shape index (κ3) is 3.41. The fraction of sp³-hybridized carbons (Fsp3) is 0.0526. The second-order valence-corrected chi connectivity index (χ2v) is 5.63. The Labute approximate surface area is 140 Å². The number of halogens is 1. The summed E-state index contributed by atoms with van der Waals surface area (Å²) < 4.78 is 0. The number of rotatable bonds is 4. The maximum atomic E-state index is 10.6. The smallest absolute Gasteiger partial charge is 0.168 e. The SMILES string of the molecule is Cc1cccc(Cl)c1-c1ccc(Nc2ccc(C=O)nc2)cc1. The number of hydrogen-bond donors (Lipinski definition) is 1. The highest BCUT2D eigenvalue weighted by Crippen LogP contribution is 2.32. The molecule has 0 saturated carbocycles. The molecule has 1 heterocycles. The van der Waals surface area contributed by atoms with E-state index >= 15 is 0 Å². The highest BCUT2D eigenvalue weighted by molar-refractivity contribution is 6.33. The minimum Gasteiger partial charge on any atom is -0.354 e. The molecule has 0 aliphatic rings. The van der Waals surface area contributed by atoms with E-state index in [1.54, 1.807) is 12.3 Å². The molecule has 0 radical (unpaired) electrons. The first-order valence-corrected chi connectivity index (χ1v) is 7.59. The Kier molecular flexibility index (Phi) is 4.40. The zero-order valence-electron chi connectivity index (χ0n) is 12.6. The quantitative estimate of drug-likeness (QED) is 0.666. The van der Waals surface area contributed by atoms with Gasteiger partial charge in [0.1, 0.15) is 5.69 Å². The molecule has 0 aliphatic carbocycles. The molecule has 114 valence electrons. The van der Waals surface area contributed by atoms with E-state index in [1.165, 1.54) is 0 Å². The van der Waals surface area contributed by atoms with Gasteiger partial charge in [-0.25, -0.2) is 0 Å². The maximum absolute atomic E-state index is 10.6. The summed E-state index contributed by atoms with van der Waals surface area (Å²) in [7, 11) is 0. The van der Waals surface area contributed by atoms with E-state index in [2.05, 4.69) is 10.3 Å². The van der Waals surface area contributed by atoms with Crippen molar-refractivity contribution in [3.63, 3.8) is 0 Å². The van der Waals surface area contributed by atoms with Gasteiger partial charge in [-0.2, -0.15) is 0 Å². The molecule has 0 spiro atoms. The summed E-state index contributed by atoms with van der Waals surface area (Å²) in [6.45, 7) is 2.05. The molecular formula is C19H15ClN2O. The van der Waals surface area contributed by atoms with Gasteiger partial charge in [0.25, 0.3) is 0 Å². The first kappa shape index (κ1) is 15.3. The van der Waals surface area contributed by atoms with Crippen LogP contribution < -0.4 is 5.32 Å². The Balaban J connectivity index is 1.83. The Morgan fingerprint density at radius 3 is 2.35 bits per heavy atom. The number of pyridine rings is 1. The molecule has 0 amide bonds. The normalized spacial score (nSPS) is 10.3. The first-order valence-electron chi connectivity index (χ1n) is 7.21. The van der Waals surface area contributed by atoms with Crippen molar-refractivity contribution < 1.29 is 4.79 Å². The lowest BCUT2D eigenvalue weighted by atomic mass is 10.0. The first-order chi connectivity index (χ1) is 11.2. The molecule has 23 heavy (non-hydrogen) atoms. The van der Waals surface area contributed by atoms with Crippen LogP contribution in [0, 0.1) is 6.92 Å². The number of benzene rings is 2. The molecule has 0 fully saturated rings. The van der Waals surface area contributed by atoms with Crippen LogP contribution in [0.4, 0.5) is 11.4 Å². The van der Waals surface area contributed by atoms with Crippen LogP contribution in [0.2, 0.25) is 5.02 Å². The number of aldehydes is 1. The molecule has 1 N–H and O–H groups in total. The molecule has 0 unspecified atom stereocenters. The van der Waals surface area contributed by atoms with Crippen molar-refractivity contribution in [3.05, 3.63) is 77.1 Å². The van der Waals surface area contributed by atoms with Crippen LogP contribution in [0.5, 0.6) is 0 Å². The van der Waals surface area contributed by atoms with Crippen molar-refractivity contribution in [1.29, 1.82) is 0 Å². The third-order valence-corrected chi connectivity index (χ3v) is 3.91. The van der Waals surface area contributed by atoms with Crippen LogP contribution in [0.1, 0.15) is 16.1 Å². The number of aromatic nitrogens is 1. The van der Waals surface area contributed by atoms with Gasteiger partial charge in [0, 0.05) is 16.3 Å². The molecule has 0 atom stereocenters. The fourth-order valence-corrected chi connectivity index (χ4v) is 2.76. The van der Waals surface area contributed by atoms with E-state index in [-0.39, 0.29) is 0 Å². The summed E-state index contributed by atoms with van der Waals surface area (Å²) in [5.41, 5.74) is 5.47. The van der Waals surface area contributed by atoms with Crippen LogP contribution in [0.3, 0.4) is 0 Å². The number of anilines is 2. The van der Waals surface area contributed by atoms with Crippen LogP contribution >= 0.6 is 11.6 Å². The molecule has 0 bridgehead atoms. The maximum Gasteiger partial charge on any atom is 0.168 e. The van der Waals surface area contributed by atoms with Gasteiger partial charge in [-0.1, -0.05) is 35.9 Å².